The maximum Gasteiger partial charge on any atom is 0.288 e. The molecule has 7 nitrogen and oxygen atoms in total. The molecule has 0 aliphatic carbocycles. The average molecular weight is 316 g/mol. The summed E-state index contributed by atoms with van der Waals surface area (Å²) in [5.41, 5.74) is 3.47. The molecule has 1 aromatic carbocycles. The van der Waals surface area contributed by atoms with E-state index in [4.69, 9.17) is 4.74 Å². The molecule has 7 heteroatoms. The van der Waals surface area contributed by atoms with Gasteiger partial charge in [0.2, 0.25) is 5.84 Å². The first kappa shape index (κ1) is 15.5. The second-order valence-electron chi connectivity index (χ2n) is 5.65. The third-order valence-corrected chi connectivity index (χ3v) is 3.95. The maximum atomic E-state index is 12.4. The predicted molar refractivity (Wildman–Crippen MR) is 85.9 cm³/mol. The van der Waals surface area contributed by atoms with Crippen molar-refractivity contribution in [2.24, 2.45) is 4.99 Å². The second kappa shape index (κ2) is 6.78. The summed E-state index contributed by atoms with van der Waals surface area (Å²) < 4.78 is 5.57. The molecule has 2 N–H and O–H groups in total. The Kier molecular flexibility index (Phi) is 4.57. The van der Waals surface area contributed by atoms with Crippen LogP contribution in [0.15, 0.2) is 35.3 Å². The minimum absolute atomic E-state index is 0.0370. The van der Waals surface area contributed by atoms with E-state index in [1.807, 2.05) is 25.1 Å². The summed E-state index contributed by atoms with van der Waals surface area (Å²) in [5, 5.41) is 4.23. The topological polar surface area (TPSA) is 83.0 Å². The van der Waals surface area contributed by atoms with E-state index in [2.05, 4.69) is 15.7 Å². The Labute approximate surface area is 134 Å². The Morgan fingerprint density at radius 1 is 1.43 bits per heavy atom. The second-order valence-corrected chi connectivity index (χ2v) is 5.65. The van der Waals surface area contributed by atoms with Crippen LogP contribution >= 0.6 is 0 Å². The number of nitrogens with zero attached hydrogens (tertiary/aromatic N) is 2. The molecule has 2 atom stereocenters. The molecule has 2 heterocycles. The molecule has 0 spiro atoms. The van der Waals surface area contributed by atoms with Crippen LogP contribution in [0.2, 0.25) is 0 Å². The third-order valence-electron chi connectivity index (χ3n) is 3.95. The number of anilines is 1. The number of carbonyl (C=O) groups is 2. The van der Waals surface area contributed by atoms with Crippen LogP contribution in [0, 0.1) is 0 Å². The highest BCUT2D eigenvalue weighted by Crippen LogP contribution is 2.16. The number of ether oxygens (including phenoxy) is 1. The van der Waals surface area contributed by atoms with Gasteiger partial charge in [-0.3, -0.25) is 20.0 Å². The molecule has 0 radical (unpaired) electrons. The highest BCUT2D eigenvalue weighted by Gasteiger charge is 2.29. The molecule has 1 aromatic rings. The van der Waals surface area contributed by atoms with E-state index in [1.165, 1.54) is 5.01 Å². The van der Waals surface area contributed by atoms with Gasteiger partial charge < -0.3 is 10.1 Å². The van der Waals surface area contributed by atoms with Gasteiger partial charge in [0.25, 0.3) is 11.8 Å². The molecule has 0 bridgehead atoms. The first-order valence-corrected chi connectivity index (χ1v) is 7.77. The van der Waals surface area contributed by atoms with Gasteiger partial charge in [0.05, 0.1) is 17.8 Å². The Morgan fingerprint density at radius 2 is 2.22 bits per heavy atom. The van der Waals surface area contributed by atoms with Gasteiger partial charge in [0, 0.05) is 6.61 Å². The lowest BCUT2D eigenvalue weighted by Gasteiger charge is -2.28. The fourth-order valence-electron chi connectivity index (χ4n) is 2.69. The number of carbonyl (C=O) groups excluding carboxylic acids is 2. The van der Waals surface area contributed by atoms with Gasteiger partial charge in [-0.05, 0) is 31.9 Å². The first-order chi connectivity index (χ1) is 11.1. The van der Waals surface area contributed by atoms with Crippen LogP contribution in [-0.2, 0) is 14.3 Å². The quantitative estimate of drug-likeness (QED) is 0.853. The van der Waals surface area contributed by atoms with E-state index < -0.39 is 0 Å². The van der Waals surface area contributed by atoms with Crippen molar-refractivity contribution in [1.82, 2.24) is 10.7 Å². The molecule has 0 aromatic heterocycles. The van der Waals surface area contributed by atoms with Gasteiger partial charge in [-0.2, -0.15) is 0 Å². The fourth-order valence-corrected chi connectivity index (χ4v) is 2.69. The Bertz CT molecular complexity index is 611. The molecule has 2 aliphatic heterocycles. The monoisotopic (exact) mass is 316 g/mol. The summed E-state index contributed by atoms with van der Waals surface area (Å²) in [6.45, 7) is 2.59. The van der Waals surface area contributed by atoms with E-state index in [1.54, 1.807) is 12.1 Å². The van der Waals surface area contributed by atoms with Crippen LogP contribution in [0.1, 0.15) is 19.8 Å². The number of aliphatic imine (C=N–C) groups is 1. The highest BCUT2D eigenvalue weighted by atomic mass is 16.5. The zero-order valence-electron chi connectivity index (χ0n) is 13.0. The number of rotatable bonds is 4. The predicted octanol–water partition coefficient (Wildman–Crippen LogP) is 0.620. The van der Waals surface area contributed by atoms with Crippen molar-refractivity contribution in [3.63, 3.8) is 0 Å². The largest absolute Gasteiger partial charge is 0.376 e. The zero-order valence-corrected chi connectivity index (χ0v) is 13.0. The number of benzene rings is 1. The van der Waals surface area contributed by atoms with Crippen molar-refractivity contribution >= 4 is 23.3 Å². The van der Waals surface area contributed by atoms with Crippen molar-refractivity contribution in [2.45, 2.75) is 31.9 Å². The zero-order chi connectivity index (χ0) is 16.2. The Balaban J connectivity index is 1.65. The minimum Gasteiger partial charge on any atom is -0.376 e. The number of amidine groups is 1. The van der Waals surface area contributed by atoms with Crippen LogP contribution in [0.3, 0.4) is 0 Å². The van der Waals surface area contributed by atoms with Gasteiger partial charge in [-0.15, -0.1) is 0 Å². The van der Waals surface area contributed by atoms with Gasteiger partial charge in [-0.1, -0.05) is 18.2 Å². The smallest absolute Gasteiger partial charge is 0.288 e. The van der Waals surface area contributed by atoms with Crippen LogP contribution in [0.4, 0.5) is 5.69 Å². The maximum absolute atomic E-state index is 12.4. The van der Waals surface area contributed by atoms with Crippen molar-refractivity contribution < 1.29 is 14.3 Å². The normalized spacial score (nSPS) is 22.3. The van der Waals surface area contributed by atoms with E-state index >= 15 is 0 Å². The molecule has 2 amide bonds. The van der Waals surface area contributed by atoms with E-state index in [0.29, 0.717) is 5.69 Å². The summed E-state index contributed by atoms with van der Waals surface area (Å²) in [5.74, 6) is -0.403. The lowest BCUT2D eigenvalue weighted by Crippen LogP contribution is -2.57. The molecule has 0 saturated carbocycles. The number of para-hydroxylation sites is 1. The van der Waals surface area contributed by atoms with Crippen LogP contribution in [0.5, 0.6) is 0 Å². The Morgan fingerprint density at radius 3 is 2.91 bits per heavy atom. The van der Waals surface area contributed by atoms with Crippen molar-refractivity contribution in [2.75, 3.05) is 18.2 Å². The molecule has 1 fully saturated rings. The summed E-state index contributed by atoms with van der Waals surface area (Å²) in [7, 11) is 0. The van der Waals surface area contributed by atoms with E-state index in [9.17, 15) is 9.59 Å². The number of hydrogen-bond donors (Lipinski definition) is 2. The van der Waals surface area contributed by atoms with Crippen molar-refractivity contribution in [1.29, 1.82) is 0 Å². The van der Waals surface area contributed by atoms with E-state index in [0.717, 1.165) is 19.4 Å². The third kappa shape index (κ3) is 3.50. The van der Waals surface area contributed by atoms with Crippen LogP contribution in [-0.4, -0.2) is 42.9 Å². The fraction of sp³-hybridized carbons (Fsp3) is 0.438. The molecular formula is C16H20N4O3. The van der Waals surface area contributed by atoms with Gasteiger partial charge in [-0.25, -0.2) is 5.01 Å². The molecular weight excluding hydrogens is 296 g/mol. The lowest BCUT2D eigenvalue weighted by molar-refractivity contribution is -0.118. The van der Waals surface area contributed by atoms with Crippen molar-refractivity contribution in [3.8, 4) is 0 Å². The van der Waals surface area contributed by atoms with Gasteiger partial charge in [0.15, 0.2) is 0 Å². The average Bonchev–Trinajstić information content (AvgIpc) is 3.10. The number of hydrogen-bond acceptors (Lipinski definition) is 5. The highest BCUT2D eigenvalue weighted by molar-refractivity contribution is 6.39. The summed E-state index contributed by atoms with van der Waals surface area (Å²) in [6, 6.07) is 9.01. The Hall–Kier alpha value is -2.41. The minimum atomic E-state index is -0.332. The SMILES string of the molecule is CC(NC(=O)C1=NCC(=O)N(c2ccccc2)N1)C1CCCO1. The van der Waals surface area contributed by atoms with Crippen LogP contribution < -0.4 is 15.8 Å². The molecule has 3 rings (SSSR count). The summed E-state index contributed by atoms with van der Waals surface area (Å²) in [6.07, 6.45) is 1.99. The first-order valence-electron chi connectivity index (χ1n) is 7.77. The molecule has 2 aliphatic rings. The summed E-state index contributed by atoms with van der Waals surface area (Å²) in [4.78, 5) is 28.4. The van der Waals surface area contributed by atoms with Gasteiger partial charge >= 0.3 is 0 Å². The molecule has 122 valence electrons. The number of hydrazine groups is 1. The van der Waals surface area contributed by atoms with E-state index in [-0.39, 0.29) is 36.3 Å². The van der Waals surface area contributed by atoms with Gasteiger partial charge in [0.1, 0.15) is 6.54 Å². The molecule has 2 unspecified atom stereocenters. The lowest BCUT2D eigenvalue weighted by atomic mass is 10.1. The standard InChI is InChI=1S/C16H20N4O3/c1-11(13-8-5-9-23-13)18-16(22)15-17-10-14(21)20(19-15)12-6-3-2-4-7-12/h2-4,6-7,11,13H,5,8-10H2,1H3,(H,17,19)(H,18,22). The molecule has 23 heavy (non-hydrogen) atoms. The number of nitrogens with one attached hydrogen (secondary N) is 2. The summed E-state index contributed by atoms with van der Waals surface area (Å²) >= 11 is 0. The van der Waals surface area contributed by atoms with Crippen molar-refractivity contribution in [3.05, 3.63) is 30.3 Å². The molecule has 1 saturated heterocycles. The van der Waals surface area contributed by atoms with Crippen LogP contribution in [0.25, 0.3) is 0 Å². The number of amides is 2.